The van der Waals surface area contributed by atoms with E-state index in [0.29, 0.717) is 0 Å². The minimum Gasteiger partial charge on any atom is -0.348 e. The molecule has 0 bridgehead atoms. The topological polar surface area (TPSA) is 41.1 Å². The Kier molecular flexibility index (Phi) is 3.15. The molecule has 1 heterocycles. The lowest BCUT2D eigenvalue weighted by Gasteiger charge is -2.27. The van der Waals surface area contributed by atoms with Crippen molar-refractivity contribution in [1.29, 1.82) is 0 Å². The molecule has 18 heavy (non-hydrogen) atoms. The molecule has 2 unspecified atom stereocenters. The third-order valence-electron chi connectivity index (χ3n) is 3.71. The van der Waals surface area contributed by atoms with Crippen LogP contribution in [0, 0.1) is 0 Å². The van der Waals surface area contributed by atoms with Crippen molar-refractivity contribution in [2.24, 2.45) is 0 Å². The number of hydrogen-bond acceptors (Lipinski definition) is 2. The van der Waals surface area contributed by atoms with E-state index >= 15 is 0 Å². The first-order chi connectivity index (χ1) is 8.84. The van der Waals surface area contributed by atoms with Gasteiger partial charge in [0.1, 0.15) is 6.04 Å². The van der Waals surface area contributed by atoms with Crippen molar-refractivity contribution in [3.05, 3.63) is 47.5 Å². The second kappa shape index (κ2) is 4.94. The van der Waals surface area contributed by atoms with Crippen molar-refractivity contribution < 1.29 is 4.79 Å². The number of carbonyl (C=O) groups is 1. The van der Waals surface area contributed by atoms with E-state index in [1.165, 1.54) is 5.56 Å². The molecule has 0 saturated heterocycles. The Balaban J connectivity index is 1.76. The first kappa shape index (κ1) is 11.5. The van der Waals surface area contributed by atoms with Crippen LogP contribution in [0.2, 0.25) is 0 Å². The van der Waals surface area contributed by atoms with E-state index in [1.54, 1.807) is 0 Å². The highest BCUT2D eigenvalue weighted by molar-refractivity contribution is 5.84. The summed E-state index contributed by atoms with van der Waals surface area (Å²) >= 11 is 0. The van der Waals surface area contributed by atoms with Crippen LogP contribution < -0.4 is 10.6 Å². The summed E-state index contributed by atoms with van der Waals surface area (Å²) in [4.78, 5) is 12.3. The maximum atomic E-state index is 12.3. The van der Waals surface area contributed by atoms with Crippen LogP contribution in [-0.4, -0.2) is 18.5 Å². The fourth-order valence-electron chi connectivity index (χ4n) is 2.76. The number of nitrogens with one attached hydrogen (secondary N) is 2. The van der Waals surface area contributed by atoms with E-state index in [9.17, 15) is 4.79 Å². The Labute approximate surface area is 107 Å². The molecule has 3 rings (SSSR count). The molecule has 1 aromatic carbocycles. The Bertz CT molecular complexity index is 481. The molecular weight excluding hydrogens is 224 g/mol. The van der Waals surface area contributed by atoms with Crippen LogP contribution in [0.5, 0.6) is 0 Å². The average Bonchev–Trinajstić information content (AvgIpc) is 2.91. The highest BCUT2D eigenvalue weighted by atomic mass is 16.2. The molecule has 1 amide bonds. The fraction of sp³-hybridized carbons (Fsp3) is 0.400. The molecule has 0 radical (unpaired) electrons. The zero-order valence-electron chi connectivity index (χ0n) is 10.4. The smallest absolute Gasteiger partial charge is 0.242 e. The SMILES string of the molecule is O=C(NC1C=CCC1)C1NCCc2ccccc21. The molecule has 0 saturated carbocycles. The molecule has 2 atom stereocenters. The summed E-state index contributed by atoms with van der Waals surface area (Å²) in [5.41, 5.74) is 2.42. The van der Waals surface area contributed by atoms with Crippen LogP contribution in [-0.2, 0) is 11.2 Å². The second-order valence-corrected chi connectivity index (χ2v) is 4.96. The molecule has 1 aromatic rings. The fourth-order valence-corrected chi connectivity index (χ4v) is 2.76. The van der Waals surface area contributed by atoms with Crippen molar-refractivity contribution in [2.75, 3.05) is 6.54 Å². The summed E-state index contributed by atoms with van der Waals surface area (Å²) in [6.45, 7) is 0.871. The summed E-state index contributed by atoms with van der Waals surface area (Å²) < 4.78 is 0. The molecule has 0 spiro atoms. The molecule has 2 aliphatic rings. The molecule has 3 heteroatoms. The van der Waals surface area contributed by atoms with Gasteiger partial charge in [-0.1, -0.05) is 36.4 Å². The van der Waals surface area contributed by atoms with Crippen LogP contribution in [0.1, 0.15) is 30.0 Å². The molecular formula is C15H18N2O. The predicted molar refractivity (Wildman–Crippen MR) is 71.2 cm³/mol. The van der Waals surface area contributed by atoms with Crippen molar-refractivity contribution in [3.63, 3.8) is 0 Å². The standard InChI is InChI=1S/C15H18N2O/c18-15(17-12-6-2-3-7-12)14-13-8-4-1-5-11(13)9-10-16-14/h1-2,4-6,8,12,14,16H,3,7,9-10H2,(H,17,18). The summed E-state index contributed by atoms with van der Waals surface area (Å²) in [6.07, 6.45) is 7.32. The summed E-state index contributed by atoms with van der Waals surface area (Å²) in [5.74, 6) is 0.0960. The molecule has 2 N–H and O–H groups in total. The number of rotatable bonds is 2. The van der Waals surface area contributed by atoms with Crippen LogP contribution in [0.3, 0.4) is 0 Å². The van der Waals surface area contributed by atoms with Gasteiger partial charge in [0.05, 0.1) is 0 Å². The van der Waals surface area contributed by atoms with Gasteiger partial charge in [0, 0.05) is 12.6 Å². The van der Waals surface area contributed by atoms with Crippen molar-refractivity contribution >= 4 is 5.91 Å². The van der Waals surface area contributed by atoms with Gasteiger partial charge in [-0.25, -0.2) is 0 Å². The van der Waals surface area contributed by atoms with E-state index < -0.39 is 0 Å². The van der Waals surface area contributed by atoms with E-state index in [4.69, 9.17) is 0 Å². The second-order valence-electron chi connectivity index (χ2n) is 4.96. The van der Waals surface area contributed by atoms with Gasteiger partial charge in [0.25, 0.3) is 0 Å². The lowest BCUT2D eigenvalue weighted by atomic mass is 9.94. The van der Waals surface area contributed by atoms with Gasteiger partial charge in [0.15, 0.2) is 0 Å². The lowest BCUT2D eigenvalue weighted by Crippen LogP contribution is -2.44. The van der Waals surface area contributed by atoms with E-state index in [1.807, 2.05) is 12.1 Å². The number of carbonyl (C=O) groups excluding carboxylic acids is 1. The molecule has 0 fully saturated rings. The Hall–Kier alpha value is -1.61. The van der Waals surface area contributed by atoms with Gasteiger partial charge in [-0.3, -0.25) is 4.79 Å². The highest BCUT2D eigenvalue weighted by Gasteiger charge is 2.27. The first-order valence-electron chi connectivity index (χ1n) is 6.63. The molecule has 1 aliphatic carbocycles. The molecule has 0 aromatic heterocycles. The van der Waals surface area contributed by atoms with Gasteiger partial charge < -0.3 is 10.6 Å². The Morgan fingerprint density at radius 1 is 1.33 bits per heavy atom. The molecule has 1 aliphatic heterocycles. The van der Waals surface area contributed by atoms with E-state index in [0.717, 1.165) is 31.4 Å². The Morgan fingerprint density at radius 2 is 2.22 bits per heavy atom. The van der Waals surface area contributed by atoms with Crippen LogP contribution in [0.4, 0.5) is 0 Å². The number of fused-ring (bicyclic) bond motifs is 1. The normalized spacial score (nSPS) is 25.8. The summed E-state index contributed by atoms with van der Waals surface area (Å²) in [6, 6.07) is 8.24. The van der Waals surface area contributed by atoms with Gasteiger partial charge in [0.2, 0.25) is 5.91 Å². The van der Waals surface area contributed by atoms with Gasteiger partial charge in [-0.15, -0.1) is 0 Å². The van der Waals surface area contributed by atoms with Crippen LogP contribution in [0.25, 0.3) is 0 Å². The number of allylic oxidation sites excluding steroid dienone is 1. The van der Waals surface area contributed by atoms with E-state index in [-0.39, 0.29) is 18.0 Å². The largest absolute Gasteiger partial charge is 0.348 e. The van der Waals surface area contributed by atoms with Gasteiger partial charge in [-0.05, 0) is 30.4 Å². The number of benzene rings is 1. The maximum Gasteiger partial charge on any atom is 0.242 e. The van der Waals surface area contributed by atoms with Crippen molar-refractivity contribution in [2.45, 2.75) is 31.3 Å². The number of hydrogen-bond donors (Lipinski definition) is 2. The van der Waals surface area contributed by atoms with E-state index in [2.05, 4.69) is 34.9 Å². The molecule has 3 nitrogen and oxygen atoms in total. The Morgan fingerprint density at radius 3 is 3.06 bits per heavy atom. The average molecular weight is 242 g/mol. The first-order valence-corrected chi connectivity index (χ1v) is 6.63. The molecule has 94 valence electrons. The zero-order valence-corrected chi connectivity index (χ0v) is 10.4. The zero-order chi connectivity index (χ0) is 12.4. The third-order valence-corrected chi connectivity index (χ3v) is 3.71. The van der Waals surface area contributed by atoms with Crippen molar-refractivity contribution in [3.8, 4) is 0 Å². The highest BCUT2D eigenvalue weighted by Crippen LogP contribution is 2.23. The summed E-state index contributed by atoms with van der Waals surface area (Å²) in [7, 11) is 0. The van der Waals surface area contributed by atoms with Gasteiger partial charge in [-0.2, -0.15) is 0 Å². The predicted octanol–water partition coefficient (Wildman–Crippen LogP) is 1.71. The maximum absolute atomic E-state index is 12.3. The monoisotopic (exact) mass is 242 g/mol. The van der Waals surface area contributed by atoms with Gasteiger partial charge >= 0.3 is 0 Å². The minimum atomic E-state index is -0.191. The van der Waals surface area contributed by atoms with Crippen LogP contribution >= 0.6 is 0 Å². The minimum absolute atomic E-state index is 0.0960. The van der Waals surface area contributed by atoms with Crippen LogP contribution in [0.15, 0.2) is 36.4 Å². The lowest BCUT2D eigenvalue weighted by molar-refractivity contribution is -0.123. The van der Waals surface area contributed by atoms with Crippen molar-refractivity contribution in [1.82, 2.24) is 10.6 Å². The third kappa shape index (κ3) is 2.18. The summed E-state index contributed by atoms with van der Waals surface area (Å²) in [5, 5.41) is 6.41. The quantitative estimate of drug-likeness (QED) is 0.775. The number of amides is 1.